The van der Waals surface area contributed by atoms with Gasteiger partial charge in [-0.05, 0) is 12.3 Å². The van der Waals surface area contributed by atoms with Gasteiger partial charge >= 0.3 is 12.1 Å². The fraction of sp³-hybridized carbons (Fsp3) is 0.636. The highest BCUT2D eigenvalue weighted by molar-refractivity contribution is 7.89. The smallest absolute Gasteiger partial charge is 0.408 e. The second-order valence-corrected chi connectivity index (χ2v) is 6.84. The van der Waals surface area contributed by atoms with Gasteiger partial charge in [-0.2, -0.15) is 23.0 Å². The number of halogens is 3. The summed E-state index contributed by atoms with van der Waals surface area (Å²) >= 11 is 0. The second-order valence-electron chi connectivity index (χ2n) is 5.13. The molecule has 0 amide bonds. The number of nitrogens with zero attached hydrogens (tertiary/aromatic N) is 2. The molecule has 0 fully saturated rings. The summed E-state index contributed by atoms with van der Waals surface area (Å²) in [6.07, 6.45) is -3.06. The SMILES string of the molecule is CC(C)C[C@@H](NS(=O)(=O)c1cnn(CC(F)(F)F)c1)C(=O)O. The second kappa shape index (κ2) is 6.65. The minimum absolute atomic E-state index is 0.0469. The third-order valence-corrected chi connectivity index (χ3v) is 3.99. The summed E-state index contributed by atoms with van der Waals surface area (Å²) in [7, 11) is -4.27. The van der Waals surface area contributed by atoms with Crippen LogP contribution in [-0.4, -0.2) is 41.5 Å². The molecule has 11 heteroatoms. The molecule has 7 nitrogen and oxygen atoms in total. The van der Waals surface area contributed by atoms with Crippen LogP contribution in [-0.2, 0) is 21.4 Å². The number of carboxylic acid groups (broad SMARTS) is 1. The molecule has 0 radical (unpaired) electrons. The monoisotopic (exact) mass is 343 g/mol. The molecule has 1 aromatic rings. The molecule has 0 aliphatic rings. The Hall–Kier alpha value is -1.62. The molecule has 1 rings (SSSR count). The quantitative estimate of drug-likeness (QED) is 0.775. The van der Waals surface area contributed by atoms with E-state index in [2.05, 4.69) is 5.10 Å². The maximum atomic E-state index is 12.2. The number of rotatable bonds is 7. The molecular weight excluding hydrogens is 327 g/mol. The zero-order valence-electron chi connectivity index (χ0n) is 11.8. The number of carboxylic acids is 1. The number of alkyl halides is 3. The van der Waals surface area contributed by atoms with Crippen LogP contribution in [0.25, 0.3) is 0 Å². The minimum Gasteiger partial charge on any atom is -0.480 e. The molecule has 0 spiro atoms. The van der Waals surface area contributed by atoms with Gasteiger partial charge in [0.15, 0.2) is 0 Å². The highest BCUT2D eigenvalue weighted by atomic mass is 32.2. The van der Waals surface area contributed by atoms with Crippen molar-refractivity contribution in [2.75, 3.05) is 0 Å². The number of aromatic nitrogens is 2. The van der Waals surface area contributed by atoms with Crippen molar-refractivity contribution < 1.29 is 31.5 Å². The summed E-state index contributed by atoms with van der Waals surface area (Å²) in [5, 5.41) is 12.3. The lowest BCUT2D eigenvalue weighted by Crippen LogP contribution is -2.41. The largest absolute Gasteiger partial charge is 0.480 e. The standard InChI is InChI=1S/C11H16F3N3O4S/c1-7(2)3-9(10(18)19)16-22(20,21)8-4-15-17(5-8)6-11(12,13)14/h4-5,7,9,16H,3,6H2,1-2H3,(H,18,19)/t9-/m1/s1. The zero-order chi connectivity index (χ0) is 17.1. The molecule has 1 atom stereocenters. The Labute approximate surface area is 125 Å². The van der Waals surface area contributed by atoms with Crippen LogP contribution in [0.5, 0.6) is 0 Å². The van der Waals surface area contributed by atoms with Crippen molar-refractivity contribution >= 4 is 16.0 Å². The van der Waals surface area contributed by atoms with Gasteiger partial charge in [0.1, 0.15) is 17.5 Å². The lowest BCUT2D eigenvalue weighted by atomic mass is 10.1. The summed E-state index contributed by atoms with van der Waals surface area (Å²) < 4.78 is 63.0. The fourth-order valence-electron chi connectivity index (χ4n) is 1.68. The number of nitrogens with one attached hydrogen (secondary N) is 1. The van der Waals surface area contributed by atoms with Crippen LogP contribution in [0.1, 0.15) is 20.3 Å². The van der Waals surface area contributed by atoms with Gasteiger partial charge in [0.25, 0.3) is 0 Å². The molecule has 0 aliphatic carbocycles. The van der Waals surface area contributed by atoms with Gasteiger partial charge in [-0.25, -0.2) is 8.42 Å². The average molecular weight is 343 g/mol. The number of hydrogen-bond acceptors (Lipinski definition) is 4. The Morgan fingerprint density at radius 3 is 2.50 bits per heavy atom. The molecule has 1 aromatic heterocycles. The number of aliphatic carboxylic acids is 1. The van der Waals surface area contributed by atoms with Crippen molar-refractivity contribution in [3.05, 3.63) is 12.4 Å². The van der Waals surface area contributed by atoms with E-state index in [4.69, 9.17) is 5.11 Å². The normalized spacial score (nSPS) is 14.3. The lowest BCUT2D eigenvalue weighted by molar-refractivity contribution is -0.142. The summed E-state index contributed by atoms with van der Waals surface area (Å²) in [5.74, 6) is -1.45. The third-order valence-electron chi connectivity index (χ3n) is 2.56. The van der Waals surface area contributed by atoms with Crippen LogP contribution in [0.4, 0.5) is 13.2 Å². The van der Waals surface area contributed by atoms with Gasteiger partial charge in [0.2, 0.25) is 10.0 Å². The molecule has 1 heterocycles. The van der Waals surface area contributed by atoms with Crippen molar-refractivity contribution in [1.29, 1.82) is 0 Å². The van der Waals surface area contributed by atoms with Crippen molar-refractivity contribution in [2.45, 2.75) is 43.9 Å². The molecule has 2 N–H and O–H groups in total. The Morgan fingerprint density at radius 2 is 2.05 bits per heavy atom. The van der Waals surface area contributed by atoms with Gasteiger partial charge in [-0.1, -0.05) is 13.8 Å². The van der Waals surface area contributed by atoms with E-state index >= 15 is 0 Å². The van der Waals surface area contributed by atoms with E-state index in [9.17, 15) is 26.4 Å². The van der Waals surface area contributed by atoms with E-state index in [0.717, 1.165) is 6.20 Å². The predicted octanol–water partition coefficient (Wildman–Crippen LogP) is 1.22. The van der Waals surface area contributed by atoms with Gasteiger partial charge in [-0.3, -0.25) is 9.48 Å². The summed E-state index contributed by atoms with van der Waals surface area (Å²) in [6, 6.07) is -1.36. The molecule has 0 saturated carbocycles. The van der Waals surface area contributed by atoms with Crippen molar-refractivity contribution in [1.82, 2.24) is 14.5 Å². The topological polar surface area (TPSA) is 101 Å². The zero-order valence-corrected chi connectivity index (χ0v) is 12.6. The van der Waals surface area contributed by atoms with E-state index in [0.29, 0.717) is 10.9 Å². The summed E-state index contributed by atoms with van der Waals surface area (Å²) in [6.45, 7) is 1.99. The van der Waals surface area contributed by atoms with E-state index in [-0.39, 0.29) is 12.3 Å². The molecule has 126 valence electrons. The molecule has 22 heavy (non-hydrogen) atoms. The van der Waals surface area contributed by atoms with Crippen molar-refractivity contribution in [2.24, 2.45) is 5.92 Å². The Balaban J connectivity index is 2.92. The molecule has 0 bridgehead atoms. The first-order valence-electron chi connectivity index (χ1n) is 6.25. The highest BCUT2D eigenvalue weighted by Crippen LogP contribution is 2.18. The predicted molar refractivity (Wildman–Crippen MR) is 69.5 cm³/mol. The maximum Gasteiger partial charge on any atom is 0.408 e. The van der Waals surface area contributed by atoms with Crippen LogP contribution >= 0.6 is 0 Å². The van der Waals surface area contributed by atoms with Crippen LogP contribution in [0.15, 0.2) is 17.3 Å². The van der Waals surface area contributed by atoms with Crippen molar-refractivity contribution in [3.8, 4) is 0 Å². The fourth-order valence-corrected chi connectivity index (χ4v) is 2.83. The molecule has 0 aliphatic heterocycles. The van der Waals surface area contributed by atoms with Gasteiger partial charge in [0.05, 0.1) is 6.20 Å². The van der Waals surface area contributed by atoms with E-state index in [1.54, 1.807) is 13.8 Å². The van der Waals surface area contributed by atoms with Gasteiger partial charge in [0, 0.05) is 6.20 Å². The average Bonchev–Trinajstić information content (AvgIpc) is 2.73. The van der Waals surface area contributed by atoms with Gasteiger partial charge < -0.3 is 5.11 Å². The first-order chi connectivity index (χ1) is 9.90. The van der Waals surface area contributed by atoms with Gasteiger partial charge in [-0.15, -0.1) is 0 Å². The maximum absolute atomic E-state index is 12.2. The van der Waals surface area contributed by atoms with Crippen LogP contribution in [0, 0.1) is 5.92 Å². The summed E-state index contributed by atoms with van der Waals surface area (Å²) in [4.78, 5) is 10.5. The third kappa shape index (κ3) is 5.64. The lowest BCUT2D eigenvalue weighted by Gasteiger charge is -2.15. The first-order valence-corrected chi connectivity index (χ1v) is 7.73. The molecular formula is C11H16F3N3O4S. The van der Waals surface area contributed by atoms with Crippen LogP contribution < -0.4 is 4.72 Å². The highest BCUT2D eigenvalue weighted by Gasteiger charge is 2.30. The summed E-state index contributed by atoms with van der Waals surface area (Å²) in [5.41, 5.74) is 0. The minimum atomic E-state index is -4.54. The van der Waals surface area contributed by atoms with E-state index in [1.165, 1.54) is 0 Å². The van der Waals surface area contributed by atoms with E-state index < -0.39 is 39.7 Å². The van der Waals surface area contributed by atoms with E-state index in [1.807, 2.05) is 4.72 Å². The Bertz CT molecular complexity index is 625. The first kappa shape index (κ1) is 18.4. The number of carbonyl (C=O) groups is 1. The molecule has 0 aromatic carbocycles. The van der Waals surface area contributed by atoms with Crippen LogP contribution in [0.2, 0.25) is 0 Å². The number of hydrogen-bond donors (Lipinski definition) is 2. The Morgan fingerprint density at radius 1 is 1.45 bits per heavy atom. The van der Waals surface area contributed by atoms with Crippen molar-refractivity contribution in [3.63, 3.8) is 0 Å². The molecule has 0 unspecified atom stereocenters. The Kier molecular flexibility index (Phi) is 5.57. The van der Waals surface area contributed by atoms with Crippen LogP contribution in [0.3, 0.4) is 0 Å². The number of sulfonamides is 1. The molecule has 0 saturated heterocycles.